The van der Waals surface area contributed by atoms with Gasteiger partial charge in [-0.3, -0.25) is 14.4 Å². The van der Waals surface area contributed by atoms with E-state index in [0.29, 0.717) is 18.4 Å². The van der Waals surface area contributed by atoms with Crippen molar-refractivity contribution < 1.29 is 19.1 Å². The van der Waals surface area contributed by atoms with E-state index in [4.69, 9.17) is 10.5 Å². The second-order valence-corrected chi connectivity index (χ2v) is 6.36. The van der Waals surface area contributed by atoms with Gasteiger partial charge in [0.25, 0.3) is 5.91 Å². The quantitative estimate of drug-likeness (QED) is 0.773. The first-order valence-electron chi connectivity index (χ1n) is 7.64. The Morgan fingerprint density at radius 1 is 1.33 bits per heavy atom. The van der Waals surface area contributed by atoms with Crippen molar-refractivity contribution in [2.45, 2.75) is 45.6 Å². The molecule has 2 aliphatic rings. The van der Waals surface area contributed by atoms with E-state index in [1.807, 2.05) is 4.90 Å². The smallest absolute Gasteiger partial charge is 0.311 e. The Morgan fingerprint density at radius 3 is 2.71 bits per heavy atom. The SMILES string of the molecule is C[C@@H]1[C@H](C)CCC[C@@H]1N1C[C@H](C(=O)OCC(N)=O)CC1=O. The van der Waals surface area contributed by atoms with Crippen molar-refractivity contribution >= 4 is 17.8 Å². The van der Waals surface area contributed by atoms with Crippen molar-refractivity contribution in [2.75, 3.05) is 13.2 Å². The van der Waals surface area contributed by atoms with Gasteiger partial charge in [-0.2, -0.15) is 0 Å². The van der Waals surface area contributed by atoms with E-state index in [1.54, 1.807) is 0 Å². The molecule has 0 aromatic carbocycles. The predicted octanol–water partition coefficient (Wildman–Crippen LogP) is 0.688. The average molecular weight is 296 g/mol. The van der Waals surface area contributed by atoms with Gasteiger partial charge in [-0.15, -0.1) is 0 Å². The van der Waals surface area contributed by atoms with Crippen LogP contribution in [0.5, 0.6) is 0 Å². The number of amides is 2. The zero-order valence-electron chi connectivity index (χ0n) is 12.7. The largest absolute Gasteiger partial charge is 0.455 e. The minimum Gasteiger partial charge on any atom is -0.455 e. The number of rotatable bonds is 4. The minimum absolute atomic E-state index is 0.0157. The molecule has 2 fully saturated rings. The van der Waals surface area contributed by atoms with Crippen molar-refractivity contribution in [3.63, 3.8) is 0 Å². The second-order valence-electron chi connectivity index (χ2n) is 6.36. The molecule has 1 saturated carbocycles. The van der Waals surface area contributed by atoms with Gasteiger partial charge in [0.2, 0.25) is 5.91 Å². The first-order chi connectivity index (χ1) is 9.90. The zero-order valence-corrected chi connectivity index (χ0v) is 12.7. The van der Waals surface area contributed by atoms with Gasteiger partial charge in [-0.05, 0) is 18.3 Å². The van der Waals surface area contributed by atoms with E-state index in [-0.39, 0.29) is 18.4 Å². The summed E-state index contributed by atoms with van der Waals surface area (Å²) in [7, 11) is 0. The lowest BCUT2D eigenvalue weighted by molar-refractivity contribution is -0.151. The Morgan fingerprint density at radius 2 is 2.05 bits per heavy atom. The van der Waals surface area contributed by atoms with Crippen LogP contribution in [0.4, 0.5) is 0 Å². The molecule has 1 aliphatic carbocycles. The highest BCUT2D eigenvalue weighted by molar-refractivity contribution is 5.88. The summed E-state index contributed by atoms with van der Waals surface area (Å²) < 4.78 is 4.83. The summed E-state index contributed by atoms with van der Waals surface area (Å²) in [6, 6.07) is 0.218. The lowest BCUT2D eigenvalue weighted by Gasteiger charge is -2.39. The fraction of sp³-hybridized carbons (Fsp3) is 0.800. The van der Waals surface area contributed by atoms with Gasteiger partial charge in [0.15, 0.2) is 6.61 Å². The van der Waals surface area contributed by atoms with Crippen LogP contribution in [0.3, 0.4) is 0 Å². The number of esters is 1. The van der Waals surface area contributed by atoms with Crippen LogP contribution in [-0.2, 0) is 19.1 Å². The molecule has 0 radical (unpaired) electrons. The molecule has 2 N–H and O–H groups in total. The molecule has 2 rings (SSSR count). The Bertz CT molecular complexity index is 437. The molecule has 2 amide bonds. The van der Waals surface area contributed by atoms with Crippen LogP contribution in [-0.4, -0.2) is 41.9 Å². The van der Waals surface area contributed by atoms with E-state index < -0.39 is 24.4 Å². The molecule has 0 bridgehead atoms. The molecule has 0 spiro atoms. The molecule has 6 nitrogen and oxygen atoms in total. The van der Waals surface area contributed by atoms with Gasteiger partial charge in [-0.25, -0.2) is 0 Å². The summed E-state index contributed by atoms with van der Waals surface area (Å²) >= 11 is 0. The van der Waals surface area contributed by atoms with Crippen molar-refractivity contribution in [3.8, 4) is 0 Å². The van der Waals surface area contributed by atoms with Gasteiger partial charge >= 0.3 is 5.97 Å². The summed E-state index contributed by atoms with van der Waals surface area (Å²) in [6.07, 6.45) is 3.50. The van der Waals surface area contributed by atoms with Crippen molar-refractivity contribution in [1.82, 2.24) is 4.90 Å². The summed E-state index contributed by atoms with van der Waals surface area (Å²) in [5.74, 6) is -0.593. The molecule has 21 heavy (non-hydrogen) atoms. The maximum atomic E-state index is 12.2. The number of ether oxygens (including phenoxy) is 1. The number of carbonyl (C=O) groups is 3. The molecule has 0 aromatic heterocycles. The first-order valence-corrected chi connectivity index (χ1v) is 7.64. The highest BCUT2D eigenvalue weighted by atomic mass is 16.5. The van der Waals surface area contributed by atoms with Crippen LogP contribution in [0, 0.1) is 17.8 Å². The van der Waals surface area contributed by atoms with Crippen LogP contribution < -0.4 is 5.73 Å². The number of nitrogens with two attached hydrogens (primary N) is 1. The highest BCUT2D eigenvalue weighted by Gasteiger charge is 2.42. The van der Waals surface area contributed by atoms with E-state index in [2.05, 4.69) is 13.8 Å². The monoisotopic (exact) mass is 296 g/mol. The topological polar surface area (TPSA) is 89.7 Å². The Balaban J connectivity index is 1.96. The zero-order chi connectivity index (χ0) is 15.6. The summed E-state index contributed by atoms with van der Waals surface area (Å²) in [4.78, 5) is 36.6. The lowest BCUT2D eigenvalue weighted by atomic mass is 9.77. The molecule has 4 atom stereocenters. The Kier molecular flexibility index (Phi) is 4.85. The maximum absolute atomic E-state index is 12.2. The second kappa shape index (κ2) is 6.45. The van der Waals surface area contributed by atoms with Gasteiger partial charge in [0, 0.05) is 19.0 Å². The van der Waals surface area contributed by atoms with Gasteiger partial charge in [-0.1, -0.05) is 26.7 Å². The Labute approximate surface area is 125 Å². The molecular weight excluding hydrogens is 272 g/mol. The van der Waals surface area contributed by atoms with Crippen LogP contribution in [0.15, 0.2) is 0 Å². The van der Waals surface area contributed by atoms with Crippen LogP contribution in [0.25, 0.3) is 0 Å². The fourth-order valence-electron chi connectivity index (χ4n) is 3.46. The first kappa shape index (κ1) is 15.8. The third kappa shape index (κ3) is 3.54. The standard InChI is InChI=1S/C15H24N2O4/c1-9-4-3-5-12(10(9)2)17-7-11(6-14(17)19)15(20)21-8-13(16)18/h9-12H,3-8H2,1-2H3,(H2,16,18)/t9-,10-,11-,12+/m1/s1. The third-order valence-corrected chi connectivity index (χ3v) is 4.91. The van der Waals surface area contributed by atoms with Crippen LogP contribution in [0.1, 0.15) is 39.5 Å². The summed E-state index contributed by atoms with van der Waals surface area (Å²) in [5.41, 5.74) is 4.95. The maximum Gasteiger partial charge on any atom is 0.311 e. The van der Waals surface area contributed by atoms with Gasteiger partial charge in [0.05, 0.1) is 5.92 Å². The van der Waals surface area contributed by atoms with Gasteiger partial charge in [0.1, 0.15) is 0 Å². The number of primary amides is 1. The number of hydrogen-bond donors (Lipinski definition) is 1. The molecule has 1 heterocycles. The van der Waals surface area contributed by atoms with Crippen LogP contribution in [0.2, 0.25) is 0 Å². The molecule has 1 saturated heterocycles. The normalized spacial score (nSPS) is 33.0. The highest BCUT2D eigenvalue weighted by Crippen LogP contribution is 2.35. The predicted molar refractivity (Wildman–Crippen MR) is 75.9 cm³/mol. The summed E-state index contributed by atoms with van der Waals surface area (Å²) in [6.45, 7) is 4.38. The number of likely N-dealkylation sites (tertiary alicyclic amines) is 1. The Hall–Kier alpha value is -1.59. The molecule has 118 valence electrons. The van der Waals surface area contributed by atoms with E-state index in [9.17, 15) is 14.4 Å². The third-order valence-electron chi connectivity index (χ3n) is 4.91. The summed E-state index contributed by atoms with van der Waals surface area (Å²) in [5, 5.41) is 0. The molecular formula is C15H24N2O4. The van der Waals surface area contributed by atoms with E-state index >= 15 is 0 Å². The molecule has 6 heteroatoms. The molecule has 1 aliphatic heterocycles. The fourth-order valence-corrected chi connectivity index (χ4v) is 3.46. The van der Waals surface area contributed by atoms with E-state index in [0.717, 1.165) is 12.8 Å². The lowest BCUT2D eigenvalue weighted by Crippen LogP contribution is -2.45. The number of nitrogens with zero attached hydrogens (tertiary/aromatic N) is 1. The number of carbonyl (C=O) groups excluding carboxylic acids is 3. The molecule has 0 aromatic rings. The number of hydrogen-bond acceptors (Lipinski definition) is 4. The van der Waals surface area contributed by atoms with Crippen LogP contribution >= 0.6 is 0 Å². The minimum atomic E-state index is -0.681. The van der Waals surface area contributed by atoms with Crippen molar-refractivity contribution in [3.05, 3.63) is 0 Å². The van der Waals surface area contributed by atoms with Crippen molar-refractivity contribution in [2.24, 2.45) is 23.5 Å². The van der Waals surface area contributed by atoms with E-state index in [1.165, 1.54) is 6.42 Å². The molecule has 0 unspecified atom stereocenters. The van der Waals surface area contributed by atoms with Crippen molar-refractivity contribution in [1.29, 1.82) is 0 Å². The van der Waals surface area contributed by atoms with Gasteiger partial charge < -0.3 is 15.4 Å². The average Bonchev–Trinajstić information content (AvgIpc) is 2.81.